The van der Waals surface area contributed by atoms with Crippen molar-refractivity contribution in [3.8, 4) is 5.69 Å². The molecule has 0 spiro atoms. The van der Waals surface area contributed by atoms with E-state index in [4.69, 9.17) is 34.8 Å². The Balaban J connectivity index is 1.50. The number of hydrogen-bond donors (Lipinski definition) is 1. The Morgan fingerprint density at radius 1 is 0.950 bits per heavy atom. The molecule has 0 aliphatic heterocycles. The molecule has 7 nitrogen and oxygen atoms in total. The molecule has 0 aliphatic rings. The van der Waals surface area contributed by atoms with Crippen LogP contribution in [0.4, 0.5) is 0 Å². The monoisotopic (exact) mass is 616 g/mol. The standard InChI is InChI=1S/C29H27Cl3N4O3S/c1-20-16-23(21(2)36(20)28-13-10-25(31)17-27(28)32)18-33-34-29(37)19-35(15-14-22-6-4-3-5-7-22)40(38,39)26-11-8-24(30)9-12-26/h3-13,16-18H,14-15,19H2,1-2H3,(H,34,37)/b33-18+. The quantitative estimate of drug-likeness (QED) is 0.164. The number of sulfonamides is 1. The SMILES string of the molecule is Cc1cc(/C=N/NC(=O)CN(CCc2ccccc2)S(=O)(=O)c2ccc(Cl)cc2)c(C)n1-c1ccc(Cl)cc1Cl. The summed E-state index contributed by atoms with van der Waals surface area (Å²) in [4.78, 5) is 12.9. The molecule has 0 fully saturated rings. The van der Waals surface area contributed by atoms with Gasteiger partial charge >= 0.3 is 0 Å². The molecule has 0 saturated heterocycles. The number of halogens is 3. The second kappa shape index (κ2) is 13.0. The molecule has 11 heteroatoms. The van der Waals surface area contributed by atoms with Crippen molar-refractivity contribution in [2.24, 2.45) is 5.10 Å². The number of carbonyl (C=O) groups excluding carboxylic acids is 1. The number of aryl methyl sites for hydroxylation is 1. The molecule has 0 unspecified atom stereocenters. The van der Waals surface area contributed by atoms with Gasteiger partial charge in [0.15, 0.2) is 0 Å². The maximum atomic E-state index is 13.4. The molecular formula is C29H27Cl3N4O3S. The number of amides is 1. The number of hydrazone groups is 1. The van der Waals surface area contributed by atoms with E-state index in [0.717, 1.165) is 32.5 Å². The van der Waals surface area contributed by atoms with Gasteiger partial charge in [0.25, 0.3) is 5.91 Å². The number of nitrogens with one attached hydrogen (secondary N) is 1. The molecule has 208 valence electrons. The number of hydrogen-bond acceptors (Lipinski definition) is 4. The molecule has 1 aromatic heterocycles. The van der Waals surface area contributed by atoms with Crippen molar-refractivity contribution in [2.75, 3.05) is 13.1 Å². The summed E-state index contributed by atoms with van der Waals surface area (Å²) >= 11 is 18.4. The van der Waals surface area contributed by atoms with Gasteiger partial charge in [0.1, 0.15) is 0 Å². The summed E-state index contributed by atoms with van der Waals surface area (Å²) in [7, 11) is -3.97. The van der Waals surface area contributed by atoms with Crippen LogP contribution in [0.5, 0.6) is 0 Å². The fourth-order valence-corrected chi connectivity index (χ4v) is 6.28. The minimum absolute atomic E-state index is 0.0505. The molecule has 1 heterocycles. The van der Waals surface area contributed by atoms with Crippen LogP contribution in [0.15, 0.2) is 88.9 Å². The lowest BCUT2D eigenvalue weighted by Gasteiger charge is -2.21. The van der Waals surface area contributed by atoms with Crippen molar-refractivity contribution in [1.29, 1.82) is 0 Å². The first-order valence-electron chi connectivity index (χ1n) is 12.3. The summed E-state index contributed by atoms with van der Waals surface area (Å²) in [6.07, 6.45) is 1.95. The molecule has 4 rings (SSSR count). The first kappa shape index (κ1) is 29.8. The van der Waals surface area contributed by atoms with Gasteiger partial charge in [-0.2, -0.15) is 9.41 Å². The van der Waals surface area contributed by atoms with Crippen molar-refractivity contribution in [2.45, 2.75) is 25.2 Å². The molecule has 40 heavy (non-hydrogen) atoms. The Hall–Kier alpha value is -3.14. The molecule has 0 radical (unpaired) electrons. The Kier molecular flexibility index (Phi) is 9.71. The second-order valence-corrected chi connectivity index (χ2v) is 12.3. The molecule has 0 aliphatic carbocycles. The van der Waals surface area contributed by atoms with E-state index in [1.807, 2.05) is 60.9 Å². The van der Waals surface area contributed by atoms with Crippen LogP contribution < -0.4 is 5.43 Å². The highest BCUT2D eigenvalue weighted by Crippen LogP contribution is 2.28. The van der Waals surface area contributed by atoms with E-state index in [0.29, 0.717) is 21.5 Å². The number of nitrogens with zero attached hydrogens (tertiary/aromatic N) is 3. The minimum atomic E-state index is -3.97. The first-order chi connectivity index (χ1) is 19.1. The van der Waals surface area contributed by atoms with E-state index in [2.05, 4.69) is 10.5 Å². The van der Waals surface area contributed by atoms with Crippen molar-refractivity contribution < 1.29 is 13.2 Å². The fraction of sp³-hybridized carbons (Fsp3) is 0.172. The molecular weight excluding hydrogens is 591 g/mol. The summed E-state index contributed by atoms with van der Waals surface area (Å²) in [5.74, 6) is -0.573. The lowest BCUT2D eigenvalue weighted by atomic mass is 10.1. The topological polar surface area (TPSA) is 83.8 Å². The van der Waals surface area contributed by atoms with Gasteiger partial charge in [-0.05, 0) is 74.4 Å². The summed E-state index contributed by atoms with van der Waals surface area (Å²) in [5.41, 5.74) is 6.71. The van der Waals surface area contributed by atoms with E-state index >= 15 is 0 Å². The van der Waals surface area contributed by atoms with Crippen molar-refractivity contribution in [3.63, 3.8) is 0 Å². The van der Waals surface area contributed by atoms with E-state index in [-0.39, 0.29) is 11.4 Å². The lowest BCUT2D eigenvalue weighted by Crippen LogP contribution is -2.40. The van der Waals surface area contributed by atoms with E-state index in [1.165, 1.54) is 30.5 Å². The average molecular weight is 618 g/mol. The van der Waals surface area contributed by atoms with Crippen LogP contribution in [-0.4, -0.2) is 42.5 Å². The van der Waals surface area contributed by atoms with Crippen LogP contribution in [-0.2, 0) is 21.2 Å². The average Bonchev–Trinajstić information content (AvgIpc) is 3.20. The van der Waals surface area contributed by atoms with Gasteiger partial charge in [-0.15, -0.1) is 0 Å². The molecule has 0 bridgehead atoms. The zero-order valence-corrected chi connectivity index (χ0v) is 24.9. The second-order valence-electron chi connectivity index (χ2n) is 9.08. The van der Waals surface area contributed by atoms with Gasteiger partial charge in [0.2, 0.25) is 10.0 Å². The van der Waals surface area contributed by atoms with Gasteiger partial charge in [0.05, 0.1) is 28.4 Å². The highest BCUT2D eigenvalue weighted by Gasteiger charge is 2.26. The van der Waals surface area contributed by atoms with Crippen LogP contribution >= 0.6 is 34.8 Å². The Bertz CT molecular complexity index is 1640. The van der Waals surface area contributed by atoms with Gasteiger partial charge in [0, 0.05) is 33.5 Å². The highest BCUT2D eigenvalue weighted by molar-refractivity contribution is 7.89. The molecule has 1 N–H and O–H groups in total. The van der Waals surface area contributed by atoms with E-state index in [9.17, 15) is 13.2 Å². The number of rotatable bonds is 10. The van der Waals surface area contributed by atoms with Gasteiger partial charge < -0.3 is 4.57 Å². The lowest BCUT2D eigenvalue weighted by molar-refractivity contribution is -0.121. The van der Waals surface area contributed by atoms with Crippen molar-refractivity contribution >= 4 is 56.9 Å². The Morgan fingerprint density at radius 2 is 1.62 bits per heavy atom. The van der Waals surface area contributed by atoms with Crippen LogP contribution in [0.3, 0.4) is 0 Å². The molecule has 4 aromatic rings. The highest BCUT2D eigenvalue weighted by atomic mass is 35.5. The summed E-state index contributed by atoms with van der Waals surface area (Å²) < 4.78 is 29.9. The van der Waals surface area contributed by atoms with Crippen molar-refractivity contribution in [3.05, 3.63) is 116 Å². The summed E-state index contributed by atoms with van der Waals surface area (Å²) in [6, 6.07) is 22.5. The summed E-state index contributed by atoms with van der Waals surface area (Å²) in [5, 5.41) is 5.55. The fourth-order valence-electron chi connectivity index (χ4n) is 4.26. The largest absolute Gasteiger partial charge is 0.316 e. The predicted octanol–water partition coefficient (Wildman–Crippen LogP) is 6.44. The Morgan fingerprint density at radius 3 is 2.30 bits per heavy atom. The number of benzene rings is 3. The van der Waals surface area contributed by atoms with E-state index < -0.39 is 22.5 Å². The molecule has 3 aromatic carbocycles. The zero-order chi connectivity index (χ0) is 28.9. The third kappa shape index (κ3) is 7.13. The minimum Gasteiger partial charge on any atom is -0.316 e. The number of aromatic nitrogens is 1. The van der Waals surface area contributed by atoms with E-state index in [1.54, 1.807) is 12.1 Å². The Labute approximate surface area is 249 Å². The first-order valence-corrected chi connectivity index (χ1v) is 14.9. The van der Waals surface area contributed by atoms with Crippen LogP contribution in [0.2, 0.25) is 15.1 Å². The van der Waals surface area contributed by atoms with Crippen LogP contribution in [0, 0.1) is 13.8 Å². The maximum Gasteiger partial charge on any atom is 0.255 e. The zero-order valence-electron chi connectivity index (χ0n) is 21.8. The number of carbonyl (C=O) groups is 1. The van der Waals surface area contributed by atoms with Gasteiger partial charge in [-0.1, -0.05) is 65.1 Å². The predicted molar refractivity (Wildman–Crippen MR) is 161 cm³/mol. The third-order valence-electron chi connectivity index (χ3n) is 6.28. The molecule has 0 saturated carbocycles. The van der Waals surface area contributed by atoms with Gasteiger partial charge in [-0.25, -0.2) is 13.8 Å². The summed E-state index contributed by atoms with van der Waals surface area (Å²) in [6.45, 7) is 3.54. The molecule has 0 atom stereocenters. The van der Waals surface area contributed by atoms with Gasteiger partial charge in [-0.3, -0.25) is 4.79 Å². The normalized spacial score (nSPS) is 11.8. The third-order valence-corrected chi connectivity index (χ3v) is 8.93. The maximum absolute atomic E-state index is 13.4. The smallest absolute Gasteiger partial charge is 0.255 e. The van der Waals surface area contributed by atoms with Crippen molar-refractivity contribution in [1.82, 2.24) is 14.3 Å². The van der Waals surface area contributed by atoms with Crippen LogP contribution in [0.1, 0.15) is 22.5 Å². The van der Waals surface area contributed by atoms with Crippen LogP contribution in [0.25, 0.3) is 5.69 Å². The molecule has 1 amide bonds.